The number of Topliss-reactive ketones (excluding diaryl/α,β-unsaturated/α-hetero) is 1. The Hall–Kier alpha value is -3.15. The lowest BCUT2D eigenvalue weighted by atomic mass is 9.86. The van der Waals surface area contributed by atoms with Crippen molar-refractivity contribution in [3.05, 3.63) is 64.7 Å². The number of aryl methyl sites for hydroxylation is 1. The molecule has 1 atom stereocenters. The maximum Gasteiger partial charge on any atom is 0.322 e. The van der Waals surface area contributed by atoms with Gasteiger partial charge in [0.1, 0.15) is 11.3 Å². The minimum Gasteiger partial charge on any atom is -0.497 e. The normalized spacial score (nSPS) is 17.2. The fraction of sp³-hybridized carbons (Fsp3) is 0.444. The van der Waals surface area contributed by atoms with Crippen molar-refractivity contribution in [3.8, 4) is 5.75 Å². The number of hydrogen-bond acceptors (Lipinski definition) is 4. The lowest BCUT2D eigenvalue weighted by Crippen LogP contribution is -2.43. The molecule has 0 spiro atoms. The largest absolute Gasteiger partial charge is 0.497 e. The van der Waals surface area contributed by atoms with Gasteiger partial charge in [0.25, 0.3) is 5.91 Å². The van der Waals surface area contributed by atoms with Crippen LogP contribution in [0.4, 0.5) is 4.79 Å². The van der Waals surface area contributed by atoms with Crippen molar-refractivity contribution in [1.82, 2.24) is 10.6 Å². The maximum atomic E-state index is 12.0. The van der Waals surface area contributed by atoms with Gasteiger partial charge in [-0.05, 0) is 60.1 Å². The molecular weight excluding hydrogens is 416 g/mol. The third-order valence-electron chi connectivity index (χ3n) is 5.88. The highest BCUT2D eigenvalue weighted by Gasteiger charge is 2.46. The van der Waals surface area contributed by atoms with Crippen molar-refractivity contribution in [2.75, 3.05) is 7.11 Å². The Morgan fingerprint density at radius 2 is 1.70 bits per heavy atom. The van der Waals surface area contributed by atoms with Gasteiger partial charge in [-0.1, -0.05) is 58.9 Å². The van der Waals surface area contributed by atoms with Crippen LogP contribution in [0.3, 0.4) is 0 Å². The molecule has 3 rings (SSSR count). The van der Waals surface area contributed by atoms with Gasteiger partial charge < -0.3 is 10.1 Å². The average molecular weight is 453 g/mol. The van der Waals surface area contributed by atoms with Crippen molar-refractivity contribution >= 4 is 17.7 Å². The number of carbonyl (C=O) groups excluding carboxylic acids is 3. The van der Waals surface area contributed by atoms with E-state index in [4.69, 9.17) is 4.74 Å². The van der Waals surface area contributed by atoms with Gasteiger partial charge in [0.2, 0.25) is 0 Å². The molecule has 6 nitrogen and oxygen atoms in total. The number of ketones is 1. The molecule has 1 aliphatic heterocycles. The number of imide groups is 1. The van der Waals surface area contributed by atoms with Gasteiger partial charge in [0, 0.05) is 12.0 Å². The van der Waals surface area contributed by atoms with Crippen molar-refractivity contribution in [1.29, 1.82) is 0 Å². The van der Waals surface area contributed by atoms with E-state index in [0.29, 0.717) is 18.8 Å². The Morgan fingerprint density at radius 3 is 2.15 bits per heavy atom. The van der Waals surface area contributed by atoms with Crippen molar-refractivity contribution in [2.45, 2.75) is 65.8 Å². The molecule has 1 fully saturated rings. The van der Waals surface area contributed by atoms with Crippen LogP contribution in [0.25, 0.3) is 0 Å². The van der Waals surface area contributed by atoms with E-state index < -0.39 is 11.6 Å². The molecule has 178 valence electrons. The van der Waals surface area contributed by atoms with Gasteiger partial charge in [-0.15, -0.1) is 0 Å². The number of methoxy groups -OCH3 is 1. The summed E-state index contributed by atoms with van der Waals surface area (Å²) in [6.45, 7) is 10.2. The third-order valence-corrected chi connectivity index (χ3v) is 5.88. The second-order valence-corrected chi connectivity index (χ2v) is 8.62. The summed E-state index contributed by atoms with van der Waals surface area (Å²) in [7, 11) is 1.64. The van der Waals surface area contributed by atoms with Crippen molar-refractivity contribution in [2.24, 2.45) is 5.92 Å². The first-order valence-corrected chi connectivity index (χ1v) is 11.6. The number of benzene rings is 2. The third kappa shape index (κ3) is 6.21. The van der Waals surface area contributed by atoms with Crippen LogP contribution in [-0.2, 0) is 23.2 Å². The Kier molecular flexibility index (Phi) is 9.21. The van der Waals surface area contributed by atoms with Crippen LogP contribution in [0.5, 0.6) is 5.75 Å². The quantitative estimate of drug-likeness (QED) is 0.427. The predicted molar refractivity (Wildman–Crippen MR) is 131 cm³/mol. The first-order chi connectivity index (χ1) is 15.7. The molecule has 0 radical (unpaired) electrons. The predicted octanol–water partition coefficient (Wildman–Crippen LogP) is 5.18. The van der Waals surface area contributed by atoms with Crippen LogP contribution in [-0.4, -0.2) is 24.8 Å². The Balaban J connectivity index is 0.000000245. The van der Waals surface area contributed by atoms with Crippen LogP contribution < -0.4 is 15.4 Å². The highest BCUT2D eigenvalue weighted by atomic mass is 16.5. The Morgan fingerprint density at radius 1 is 1.03 bits per heavy atom. The zero-order valence-electron chi connectivity index (χ0n) is 20.6. The topological polar surface area (TPSA) is 84.5 Å². The lowest BCUT2D eigenvalue weighted by molar-refractivity contribution is -0.124. The van der Waals surface area contributed by atoms with Gasteiger partial charge in [-0.2, -0.15) is 0 Å². The van der Waals surface area contributed by atoms with Gasteiger partial charge in [0.05, 0.1) is 7.11 Å². The van der Waals surface area contributed by atoms with Gasteiger partial charge in [-0.25, -0.2) is 4.79 Å². The number of hydrogen-bond donors (Lipinski definition) is 2. The molecule has 0 aliphatic carbocycles. The second-order valence-electron chi connectivity index (χ2n) is 8.62. The molecule has 0 bridgehead atoms. The van der Waals surface area contributed by atoms with Crippen LogP contribution in [0, 0.1) is 5.92 Å². The molecule has 1 saturated heterocycles. The number of ether oxygens (including phenoxy) is 1. The van der Waals surface area contributed by atoms with Crippen LogP contribution >= 0.6 is 0 Å². The first-order valence-electron chi connectivity index (χ1n) is 11.6. The summed E-state index contributed by atoms with van der Waals surface area (Å²) in [6.07, 6.45) is 2.96. The minimum atomic E-state index is -0.909. The lowest BCUT2D eigenvalue weighted by Gasteiger charge is -2.25. The van der Waals surface area contributed by atoms with E-state index in [-0.39, 0.29) is 11.7 Å². The molecule has 0 saturated carbocycles. The van der Waals surface area contributed by atoms with Crippen molar-refractivity contribution in [3.63, 3.8) is 0 Å². The average Bonchev–Trinajstić information content (AvgIpc) is 3.12. The number of urea groups is 1. The fourth-order valence-corrected chi connectivity index (χ4v) is 4.00. The molecule has 1 unspecified atom stereocenters. The van der Waals surface area contributed by atoms with Crippen LogP contribution in [0.2, 0.25) is 0 Å². The van der Waals surface area contributed by atoms with Gasteiger partial charge in [-0.3, -0.25) is 14.9 Å². The molecule has 3 amide bonds. The molecule has 2 aromatic carbocycles. The van der Waals surface area contributed by atoms with Gasteiger partial charge >= 0.3 is 6.03 Å². The number of nitrogens with one attached hydrogen (secondary N) is 2. The summed E-state index contributed by atoms with van der Waals surface area (Å²) in [4.78, 5) is 34.9. The summed E-state index contributed by atoms with van der Waals surface area (Å²) in [5, 5.41) is 5.06. The summed E-state index contributed by atoms with van der Waals surface area (Å²) in [6, 6.07) is 13.1. The first kappa shape index (κ1) is 26.1. The monoisotopic (exact) mass is 452 g/mol. The van der Waals surface area contributed by atoms with Crippen LogP contribution in [0.15, 0.2) is 42.5 Å². The SMILES string of the molecule is CCC(=O)c1ccc(OC)cc1CC.CCC1(c2ccc(CC(C)C)cc2)NC(=O)NC1=O. The Bertz CT molecular complexity index is 982. The van der Waals surface area contributed by atoms with E-state index in [1.54, 1.807) is 7.11 Å². The summed E-state index contributed by atoms with van der Waals surface area (Å²) in [5.74, 6) is 1.34. The molecule has 6 heteroatoms. The number of amides is 3. The molecular formula is C27H36N2O4. The van der Waals surface area contributed by atoms with E-state index >= 15 is 0 Å². The van der Waals surface area contributed by atoms with Gasteiger partial charge in [0.15, 0.2) is 5.78 Å². The van der Waals surface area contributed by atoms with E-state index in [1.165, 1.54) is 5.56 Å². The zero-order chi connectivity index (χ0) is 24.6. The van der Waals surface area contributed by atoms with E-state index in [1.807, 2.05) is 63.2 Å². The maximum absolute atomic E-state index is 12.0. The fourth-order valence-electron chi connectivity index (χ4n) is 4.00. The number of carbonyl (C=O) groups is 3. The highest BCUT2D eigenvalue weighted by Crippen LogP contribution is 2.29. The van der Waals surface area contributed by atoms with Crippen LogP contribution in [0.1, 0.15) is 74.5 Å². The summed E-state index contributed by atoms with van der Waals surface area (Å²) >= 11 is 0. The molecule has 33 heavy (non-hydrogen) atoms. The van der Waals surface area contributed by atoms with Crippen molar-refractivity contribution < 1.29 is 19.1 Å². The minimum absolute atomic E-state index is 0.199. The summed E-state index contributed by atoms with van der Waals surface area (Å²) < 4.78 is 5.11. The standard InChI is InChI=1S/C15H20N2O2.C12H16O2/c1-4-15(13(18)16-14(19)17-15)12-7-5-11(6-8-12)9-10(2)3;1-4-9-8-10(14-3)6-7-11(9)12(13)5-2/h5-8,10H,4,9H2,1-3H3,(H2,16,17,18,19);6-8H,4-5H2,1-3H3. The molecule has 2 aromatic rings. The molecule has 1 heterocycles. The second kappa shape index (κ2) is 11.6. The van der Waals surface area contributed by atoms with E-state index in [9.17, 15) is 14.4 Å². The van der Waals surface area contributed by atoms with E-state index in [2.05, 4.69) is 24.5 Å². The highest BCUT2D eigenvalue weighted by molar-refractivity contribution is 6.07. The molecule has 1 aliphatic rings. The summed E-state index contributed by atoms with van der Waals surface area (Å²) in [5.41, 5.74) is 3.07. The van der Waals surface area contributed by atoms with E-state index in [0.717, 1.165) is 35.3 Å². The number of rotatable bonds is 8. The molecule has 0 aromatic heterocycles. The molecule has 2 N–H and O–H groups in total. The zero-order valence-corrected chi connectivity index (χ0v) is 20.6. The smallest absolute Gasteiger partial charge is 0.322 e. The Labute approximate surface area is 197 Å².